The van der Waals surface area contributed by atoms with E-state index < -0.39 is 0 Å². The fourth-order valence-electron chi connectivity index (χ4n) is 2.65. The molecule has 0 aliphatic carbocycles. The van der Waals surface area contributed by atoms with E-state index in [2.05, 4.69) is 12.1 Å². The lowest BCUT2D eigenvalue weighted by molar-refractivity contribution is 0.596. The Hall–Kier alpha value is -3.30. The molecule has 3 heteroatoms. The zero-order valence-corrected chi connectivity index (χ0v) is 12.9. The van der Waals surface area contributed by atoms with Crippen molar-refractivity contribution in [2.24, 2.45) is 0 Å². The minimum Gasteiger partial charge on any atom is -0.456 e. The number of furan rings is 1. The van der Waals surface area contributed by atoms with Gasteiger partial charge in [-0.3, -0.25) is 0 Å². The van der Waals surface area contributed by atoms with E-state index in [9.17, 15) is 0 Å². The summed E-state index contributed by atoms with van der Waals surface area (Å²) in [6.07, 6.45) is 0. The average molecular weight is 298 g/mol. The molecule has 0 saturated heterocycles. The molecule has 0 radical (unpaired) electrons. The summed E-state index contributed by atoms with van der Waals surface area (Å²) in [4.78, 5) is 0. The minimum atomic E-state index is 0.640. The second kappa shape index (κ2) is 5.83. The van der Waals surface area contributed by atoms with Gasteiger partial charge in [-0.1, -0.05) is 0 Å². The molecule has 0 spiro atoms. The molecule has 0 atom stereocenters. The number of nitrogens with zero attached hydrogens (tertiary/aromatic N) is 2. The molecular weight excluding hydrogens is 284 g/mol. The fraction of sp³-hybridized carbons (Fsp3) is 0.100. The van der Waals surface area contributed by atoms with Gasteiger partial charge in [0.05, 0.1) is 23.3 Å². The highest BCUT2D eigenvalue weighted by molar-refractivity contribution is 5.69. The summed E-state index contributed by atoms with van der Waals surface area (Å²) >= 11 is 0. The lowest BCUT2D eigenvalue weighted by Crippen LogP contribution is -1.84. The summed E-state index contributed by atoms with van der Waals surface area (Å²) < 4.78 is 6.00. The quantitative estimate of drug-likeness (QED) is 0.670. The van der Waals surface area contributed by atoms with E-state index in [0.29, 0.717) is 11.1 Å². The maximum Gasteiger partial charge on any atom is 0.135 e. The molecule has 3 rings (SSSR count). The Bertz CT molecular complexity index is 890. The molecule has 3 nitrogen and oxygen atoms in total. The van der Waals surface area contributed by atoms with Gasteiger partial charge in [0.1, 0.15) is 11.5 Å². The van der Waals surface area contributed by atoms with Gasteiger partial charge >= 0.3 is 0 Å². The number of hydrogen-bond acceptors (Lipinski definition) is 3. The van der Waals surface area contributed by atoms with Gasteiger partial charge in [-0.2, -0.15) is 10.5 Å². The maximum atomic E-state index is 8.95. The average Bonchev–Trinajstić information content (AvgIpc) is 3.03. The molecule has 0 fully saturated rings. The molecule has 23 heavy (non-hydrogen) atoms. The number of nitriles is 2. The summed E-state index contributed by atoms with van der Waals surface area (Å²) in [5.41, 5.74) is 5.23. The Morgan fingerprint density at radius 1 is 0.696 bits per heavy atom. The summed E-state index contributed by atoms with van der Waals surface area (Å²) in [5, 5.41) is 17.9. The van der Waals surface area contributed by atoms with E-state index in [-0.39, 0.29) is 0 Å². The van der Waals surface area contributed by atoms with E-state index in [0.717, 1.165) is 33.8 Å². The maximum absolute atomic E-state index is 8.95. The van der Waals surface area contributed by atoms with Gasteiger partial charge in [0.2, 0.25) is 0 Å². The number of hydrogen-bond donors (Lipinski definition) is 0. The molecule has 0 saturated carbocycles. The Balaban J connectivity index is 2.02. The molecule has 0 amide bonds. The van der Waals surface area contributed by atoms with Crippen molar-refractivity contribution >= 4 is 0 Å². The van der Waals surface area contributed by atoms with Crippen LogP contribution in [0.25, 0.3) is 22.6 Å². The summed E-state index contributed by atoms with van der Waals surface area (Å²) in [6.45, 7) is 3.93. The smallest absolute Gasteiger partial charge is 0.135 e. The Kier molecular flexibility index (Phi) is 3.71. The first-order chi connectivity index (χ1) is 11.1. The molecule has 1 aromatic heterocycles. The first kappa shape index (κ1) is 14.6. The molecule has 0 unspecified atom stereocenters. The van der Waals surface area contributed by atoms with E-state index in [1.54, 1.807) is 12.1 Å². The molecule has 0 aliphatic rings. The normalized spacial score (nSPS) is 10.1. The lowest BCUT2D eigenvalue weighted by Gasteiger charge is -2.05. The van der Waals surface area contributed by atoms with Crippen molar-refractivity contribution < 1.29 is 4.42 Å². The minimum absolute atomic E-state index is 0.640. The lowest BCUT2D eigenvalue weighted by atomic mass is 10.0. The van der Waals surface area contributed by atoms with Crippen LogP contribution in [0.2, 0.25) is 0 Å². The van der Waals surface area contributed by atoms with Crippen molar-refractivity contribution in [1.82, 2.24) is 0 Å². The van der Waals surface area contributed by atoms with Crippen LogP contribution >= 0.6 is 0 Å². The van der Waals surface area contributed by atoms with Gasteiger partial charge in [-0.25, -0.2) is 0 Å². The third kappa shape index (κ3) is 2.73. The highest BCUT2D eigenvalue weighted by Crippen LogP contribution is 2.32. The Labute approximate surface area is 135 Å². The molecular formula is C20H14N2O. The molecule has 0 N–H and O–H groups in total. The summed E-state index contributed by atoms with van der Waals surface area (Å²) in [5.74, 6) is 1.54. The molecule has 1 heterocycles. The second-order valence-electron chi connectivity index (χ2n) is 5.45. The third-order valence-electron chi connectivity index (χ3n) is 3.85. The van der Waals surface area contributed by atoms with Crippen molar-refractivity contribution in [1.29, 1.82) is 10.5 Å². The summed E-state index contributed by atoms with van der Waals surface area (Å²) in [7, 11) is 0. The SMILES string of the molecule is Cc1cc(C#N)ccc1-c1ccc(-c2ccc(C#N)cc2C)o1. The van der Waals surface area contributed by atoms with E-state index in [1.807, 2.05) is 50.2 Å². The predicted molar refractivity (Wildman–Crippen MR) is 88.5 cm³/mol. The van der Waals surface area contributed by atoms with Crippen molar-refractivity contribution in [3.05, 3.63) is 70.8 Å². The van der Waals surface area contributed by atoms with Crippen molar-refractivity contribution in [3.63, 3.8) is 0 Å². The Morgan fingerprint density at radius 3 is 1.48 bits per heavy atom. The van der Waals surface area contributed by atoms with Crippen molar-refractivity contribution in [2.45, 2.75) is 13.8 Å². The van der Waals surface area contributed by atoms with Gasteiger partial charge in [0.25, 0.3) is 0 Å². The van der Waals surface area contributed by atoms with Gasteiger partial charge in [-0.15, -0.1) is 0 Å². The van der Waals surface area contributed by atoms with Crippen LogP contribution in [-0.2, 0) is 0 Å². The van der Waals surface area contributed by atoms with E-state index in [4.69, 9.17) is 14.9 Å². The predicted octanol–water partition coefficient (Wildman–Crippen LogP) is 4.97. The number of aryl methyl sites for hydroxylation is 2. The van der Waals surface area contributed by atoms with E-state index in [1.165, 1.54) is 0 Å². The van der Waals surface area contributed by atoms with Gasteiger partial charge < -0.3 is 4.42 Å². The van der Waals surface area contributed by atoms with Crippen LogP contribution in [0, 0.1) is 36.5 Å². The van der Waals surface area contributed by atoms with Crippen LogP contribution < -0.4 is 0 Å². The summed E-state index contributed by atoms with van der Waals surface area (Å²) in [6, 6.07) is 19.2. The third-order valence-corrected chi connectivity index (χ3v) is 3.85. The first-order valence-corrected chi connectivity index (χ1v) is 7.24. The van der Waals surface area contributed by atoms with Crippen LogP contribution in [0.1, 0.15) is 22.3 Å². The van der Waals surface area contributed by atoms with Crippen molar-refractivity contribution in [2.75, 3.05) is 0 Å². The number of rotatable bonds is 2. The van der Waals surface area contributed by atoms with Crippen LogP contribution in [0.5, 0.6) is 0 Å². The first-order valence-electron chi connectivity index (χ1n) is 7.24. The second-order valence-corrected chi connectivity index (χ2v) is 5.45. The zero-order chi connectivity index (χ0) is 16.4. The highest BCUT2D eigenvalue weighted by atomic mass is 16.3. The Morgan fingerprint density at radius 2 is 1.13 bits per heavy atom. The zero-order valence-electron chi connectivity index (χ0n) is 12.9. The fourth-order valence-corrected chi connectivity index (χ4v) is 2.65. The van der Waals surface area contributed by atoms with Gasteiger partial charge in [0.15, 0.2) is 0 Å². The van der Waals surface area contributed by atoms with Gasteiger partial charge in [-0.05, 0) is 73.5 Å². The highest BCUT2D eigenvalue weighted by Gasteiger charge is 2.11. The van der Waals surface area contributed by atoms with Crippen LogP contribution in [0.3, 0.4) is 0 Å². The van der Waals surface area contributed by atoms with Crippen molar-refractivity contribution in [3.8, 4) is 34.8 Å². The van der Waals surface area contributed by atoms with E-state index >= 15 is 0 Å². The van der Waals surface area contributed by atoms with Crippen LogP contribution in [0.15, 0.2) is 52.9 Å². The van der Waals surface area contributed by atoms with Gasteiger partial charge in [0, 0.05) is 11.1 Å². The molecule has 0 bridgehead atoms. The molecule has 110 valence electrons. The van der Waals surface area contributed by atoms with Crippen LogP contribution in [0.4, 0.5) is 0 Å². The topological polar surface area (TPSA) is 60.7 Å². The monoisotopic (exact) mass is 298 g/mol. The molecule has 0 aliphatic heterocycles. The molecule has 2 aromatic carbocycles. The number of benzene rings is 2. The van der Waals surface area contributed by atoms with Crippen LogP contribution in [-0.4, -0.2) is 0 Å². The largest absolute Gasteiger partial charge is 0.456 e. The standard InChI is InChI=1S/C20H14N2O/c1-13-9-15(11-21)3-5-17(13)19-7-8-20(23-19)18-6-4-16(12-22)10-14(18)2/h3-10H,1-2H3. The molecule has 3 aromatic rings.